The zero-order valence-electron chi connectivity index (χ0n) is 22.5. The number of alkyl halides is 3. The quantitative estimate of drug-likeness (QED) is 0.229. The molecular weight excluding hydrogens is 497 g/mol. The molecule has 2 aromatic heterocycles. The molecule has 0 radical (unpaired) electrons. The van der Waals surface area contributed by atoms with Crippen LogP contribution in [0.4, 0.5) is 13.2 Å². The van der Waals surface area contributed by atoms with Gasteiger partial charge in [-0.25, -0.2) is 4.98 Å². The van der Waals surface area contributed by atoms with Crippen molar-refractivity contribution in [2.24, 2.45) is 0 Å². The summed E-state index contributed by atoms with van der Waals surface area (Å²) in [5, 5.41) is 1.40. The van der Waals surface area contributed by atoms with Gasteiger partial charge in [0.05, 0.1) is 27.8 Å². The van der Waals surface area contributed by atoms with Crippen molar-refractivity contribution in [2.45, 2.75) is 52.6 Å². The molecular formula is C33H29F3N2O. The molecule has 0 amide bonds. The van der Waals surface area contributed by atoms with Crippen LogP contribution in [0.25, 0.3) is 50.0 Å². The molecule has 0 aliphatic carbocycles. The minimum atomic E-state index is -4.45. The van der Waals surface area contributed by atoms with Gasteiger partial charge in [0, 0.05) is 10.8 Å². The average molecular weight is 527 g/mol. The summed E-state index contributed by atoms with van der Waals surface area (Å²) < 4.78 is 48.8. The Balaban J connectivity index is 1.72. The number of halogens is 3. The first-order valence-corrected chi connectivity index (χ1v) is 13.2. The lowest BCUT2D eigenvalue weighted by Gasteiger charge is -2.23. The number of aromatic nitrogens is 2. The van der Waals surface area contributed by atoms with E-state index in [1.54, 1.807) is 0 Å². The van der Waals surface area contributed by atoms with E-state index in [1.165, 1.54) is 22.8 Å². The number of hydrogen-bond donors (Lipinski definition) is 0. The molecule has 0 fully saturated rings. The molecule has 0 saturated heterocycles. The maximum atomic E-state index is 13.5. The van der Waals surface area contributed by atoms with Gasteiger partial charge in [-0.05, 0) is 66.3 Å². The van der Waals surface area contributed by atoms with Crippen molar-refractivity contribution in [1.82, 2.24) is 9.55 Å². The van der Waals surface area contributed by atoms with Crippen LogP contribution in [0, 0.1) is 6.92 Å². The Bertz CT molecular complexity index is 1840. The van der Waals surface area contributed by atoms with E-state index in [0.717, 1.165) is 39.8 Å². The third-order valence-electron chi connectivity index (χ3n) is 7.41. The number of fused-ring (bicyclic) bond motifs is 4. The lowest BCUT2D eigenvalue weighted by molar-refractivity contribution is -0.137. The van der Waals surface area contributed by atoms with Crippen molar-refractivity contribution in [3.8, 4) is 17.1 Å². The first-order valence-electron chi connectivity index (χ1n) is 13.2. The maximum absolute atomic E-state index is 13.5. The molecule has 0 spiro atoms. The molecule has 0 atom stereocenters. The minimum Gasteiger partial charge on any atom is -0.455 e. The van der Waals surface area contributed by atoms with Crippen LogP contribution in [0.1, 0.15) is 61.8 Å². The van der Waals surface area contributed by atoms with Crippen molar-refractivity contribution in [1.29, 1.82) is 0 Å². The third kappa shape index (κ3) is 4.10. The highest BCUT2D eigenvalue weighted by atomic mass is 19.4. The fraction of sp³-hybridized carbons (Fsp3) is 0.242. The fourth-order valence-electron chi connectivity index (χ4n) is 5.56. The minimum absolute atomic E-state index is 0.205. The van der Waals surface area contributed by atoms with E-state index >= 15 is 0 Å². The van der Waals surface area contributed by atoms with Crippen LogP contribution in [0.2, 0.25) is 0 Å². The molecule has 0 saturated carbocycles. The van der Waals surface area contributed by atoms with Gasteiger partial charge in [0.1, 0.15) is 17.0 Å². The Hall–Kier alpha value is -4.06. The Kier molecular flexibility index (Phi) is 5.83. The molecule has 6 aromatic rings. The molecule has 0 bridgehead atoms. The van der Waals surface area contributed by atoms with Gasteiger partial charge >= 0.3 is 6.18 Å². The summed E-state index contributed by atoms with van der Waals surface area (Å²) in [5.41, 5.74) is 7.27. The lowest BCUT2D eigenvalue weighted by Crippen LogP contribution is -2.09. The summed E-state index contributed by atoms with van der Waals surface area (Å²) in [6.45, 7) is 10.9. The van der Waals surface area contributed by atoms with Crippen molar-refractivity contribution >= 4 is 33.0 Å². The number of imidazole rings is 1. The lowest BCUT2D eigenvalue weighted by atomic mass is 9.90. The van der Waals surface area contributed by atoms with Gasteiger partial charge in [-0.3, -0.25) is 4.57 Å². The summed E-state index contributed by atoms with van der Waals surface area (Å²) in [7, 11) is 0. The average Bonchev–Trinajstić information content (AvgIpc) is 3.45. The standard InChI is InChI=1S/C33H29F3N2O/c1-18(2)25-15-20(5)16-26(19(3)4)30(25)38-28-12-7-6-11-27(28)37-32(38)24-10-8-9-23-22-14-13-21(33(34,35)36)17-29(22)39-31(23)24/h6-19H,1-5H3. The van der Waals surface area contributed by atoms with E-state index in [0.29, 0.717) is 16.8 Å². The van der Waals surface area contributed by atoms with Crippen LogP contribution in [0.15, 0.2) is 77.2 Å². The van der Waals surface area contributed by atoms with Crippen LogP contribution in [0.5, 0.6) is 0 Å². The molecule has 0 aliphatic heterocycles. The summed E-state index contributed by atoms with van der Waals surface area (Å²) in [6.07, 6.45) is -4.45. The monoisotopic (exact) mass is 526 g/mol. The van der Waals surface area contributed by atoms with Gasteiger partial charge < -0.3 is 4.42 Å². The van der Waals surface area contributed by atoms with Gasteiger partial charge in [0.25, 0.3) is 0 Å². The Labute approximate surface area is 224 Å². The van der Waals surface area contributed by atoms with Crippen molar-refractivity contribution < 1.29 is 17.6 Å². The number of aryl methyl sites for hydroxylation is 1. The predicted octanol–water partition coefficient (Wildman–Crippen LogP) is 10.2. The molecule has 6 rings (SSSR count). The van der Waals surface area contributed by atoms with Crippen LogP contribution in [-0.4, -0.2) is 9.55 Å². The van der Waals surface area contributed by atoms with Gasteiger partial charge in [-0.15, -0.1) is 0 Å². The first-order chi connectivity index (χ1) is 18.5. The van der Waals surface area contributed by atoms with Gasteiger partial charge in [-0.1, -0.05) is 69.7 Å². The number of hydrogen-bond acceptors (Lipinski definition) is 2. The van der Waals surface area contributed by atoms with E-state index in [-0.39, 0.29) is 17.4 Å². The normalized spacial score (nSPS) is 12.6. The first kappa shape index (κ1) is 25.2. The summed E-state index contributed by atoms with van der Waals surface area (Å²) >= 11 is 0. The number of para-hydroxylation sites is 3. The van der Waals surface area contributed by atoms with Crippen molar-refractivity contribution in [2.75, 3.05) is 0 Å². The van der Waals surface area contributed by atoms with Crippen molar-refractivity contribution in [3.05, 3.63) is 95.1 Å². The molecule has 0 aliphatic rings. The Morgan fingerprint density at radius 1 is 0.795 bits per heavy atom. The van der Waals surface area contributed by atoms with Gasteiger partial charge in [-0.2, -0.15) is 13.2 Å². The molecule has 4 aromatic carbocycles. The van der Waals surface area contributed by atoms with E-state index in [2.05, 4.69) is 57.4 Å². The second-order valence-corrected chi connectivity index (χ2v) is 10.9. The Morgan fingerprint density at radius 2 is 1.49 bits per heavy atom. The second-order valence-electron chi connectivity index (χ2n) is 10.9. The fourth-order valence-corrected chi connectivity index (χ4v) is 5.56. The largest absolute Gasteiger partial charge is 0.455 e. The predicted molar refractivity (Wildman–Crippen MR) is 152 cm³/mol. The Morgan fingerprint density at radius 3 is 2.15 bits per heavy atom. The van der Waals surface area contributed by atoms with Gasteiger partial charge in [0.15, 0.2) is 0 Å². The molecule has 0 unspecified atom stereocenters. The van der Waals surface area contributed by atoms with Crippen LogP contribution in [0.3, 0.4) is 0 Å². The highest BCUT2D eigenvalue weighted by Gasteiger charge is 2.31. The zero-order valence-corrected chi connectivity index (χ0v) is 22.5. The highest BCUT2D eigenvalue weighted by molar-refractivity contribution is 6.09. The van der Waals surface area contributed by atoms with E-state index in [4.69, 9.17) is 9.40 Å². The van der Waals surface area contributed by atoms with E-state index < -0.39 is 11.7 Å². The van der Waals surface area contributed by atoms with Gasteiger partial charge in [0.2, 0.25) is 0 Å². The second kappa shape index (κ2) is 9.01. The molecule has 3 nitrogen and oxygen atoms in total. The number of nitrogens with zero attached hydrogens (tertiary/aromatic N) is 2. The summed E-state index contributed by atoms with van der Waals surface area (Å²) in [5.74, 6) is 1.22. The van der Waals surface area contributed by atoms with Crippen molar-refractivity contribution in [3.63, 3.8) is 0 Å². The van der Waals surface area contributed by atoms with E-state index in [9.17, 15) is 13.2 Å². The molecule has 39 heavy (non-hydrogen) atoms. The zero-order chi connectivity index (χ0) is 27.6. The topological polar surface area (TPSA) is 31.0 Å². The third-order valence-corrected chi connectivity index (χ3v) is 7.41. The molecule has 198 valence electrons. The number of rotatable bonds is 4. The number of benzene rings is 4. The SMILES string of the molecule is Cc1cc(C(C)C)c(-n2c(-c3cccc4c3oc3cc(C(F)(F)F)ccc34)nc3ccccc32)c(C(C)C)c1. The molecule has 2 heterocycles. The summed E-state index contributed by atoms with van der Waals surface area (Å²) in [4.78, 5) is 5.08. The van der Waals surface area contributed by atoms with Crippen LogP contribution in [-0.2, 0) is 6.18 Å². The maximum Gasteiger partial charge on any atom is 0.416 e. The van der Waals surface area contributed by atoms with E-state index in [1.807, 2.05) is 36.4 Å². The highest BCUT2D eigenvalue weighted by Crippen LogP contribution is 2.42. The molecule has 0 N–H and O–H groups in total. The van der Waals surface area contributed by atoms with Crippen LogP contribution >= 0.6 is 0 Å². The smallest absolute Gasteiger partial charge is 0.416 e. The van der Waals surface area contributed by atoms with Crippen LogP contribution < -0.4 is 0 Å². The molecule has 6 heteroatoms. The number of furan rings is 1. The summed E-state index contributed by atoms with van der Waals surface area (Å²) in [6, 6.07) is 21.9.